The van der Waals surface area contributed by atoms with Crippen molar-refractivity contribution in [2.45, 2.75) is 92.2 Å². The quantitative estimate of drug-likeness (QED) is 0.336. The lowest BCUT2D eigenvalue weighted by Gasteiger charge is -2.26. The SMILES string of the molecule is CC/C=C(/CN[C@@H](C)CC)NCC(=O)NC(C)CN(CCC)CCCCC. The van der Waals surface area contributed by atoms with E-state index in [2.05, 4.69) is 68.5 Å². The van der Waals surface area contributed by atoms with Gasteiger partial charge in [0.05, 0.1) is 6.54 Å². The highest BCUT2D eigenvalue weighted by Gasteiger charge is 2.12. The zero-order valence-corrected chi connectivity index (χ0v) is 18.9. The number of nitrogens with one attached hydrogen (secondary N) is 3. The van der Waals surface area contributed by atoms with Crippen LogP contribution < -0.4 is 16.0 Å². The van der Waals surface area contributed by atoms with Crippen molar-refractivity contribution in [2.75, 3.05) is 32.7 Å². The molecule has 3 N–H and O–H groups in total. The van der Waals surface area contributed by atoms with E-state index >= 15 is 0 Å². The molecule has 0 aliphatic heterocycles. The van der Waals surface area contributed by atoms with Crippen molar-refractivity contribution in [2.24, 2.45) is 0 Å². The highest BCUT2D eigenvalue weighted by atomic mass is 16.2. The fourth-order valence-electron chi connectivity index (χ4n) is 3.03. The van der Waals surface area contributed by atoms with E-state index in [1.807, 2.05) is 0 Å². The summed E-state index contributed by atoms with van der Waals surface area (Å²) in [4.78, 5) is 14.8. The average Bonchev–Trinajstić information content (AvgIpc) is 2.63. The number of hydrogen-bond donors (Lipinski definition) is 3. The van der Waals surface area contributed by atoms with E-state index in [0.717, 1.165) is 51.1 Å². The molecule has 27 heavy (non-hydrogen) atoms. The van der Waals surface area contributed by atoms with Crippen LogP contribution in [0.5, 0.6) is 0 Å². The number of unbranched alkanes of at least 4 members (excludes halogenated alkanes) is 2. The molecule has 0 aromatic carbocycles. The summed E-state index contributed by atoms with van der Waals surface area (Å²) >= 11 is 0. The van der Waals surface area contributed by atoms with Crippen LogP contribution >= 0.6 is 0 Å². The maximum Gasteiger partial charge on any atom is 0.239 e. The molecule has 0 heterocycles. The van der Waals surface area contributed by atoms with Crippen LogP contribution in [0.3, 0.4) is 0 Å². The number of amides is 1. The van der Waals surface area contributed by atoms with Crippen LogP contribution in [0.1, 0.15) is 80.1 Å². The maximum atomic E-state index is 12.3. The standard InChI is InChI=1S/C22H46N4O/c1-7-11-12-15-26(14-9-3)18-20(6)25-22(27)17-24-21(13-8-2)16-23-19(5)10-4/h13,19-20,23-24H,7-12,14-18H2,1-6H3,(H,25,27)/b21-13-/t19-,20?/m0/s1. The van der Waals surface area contributed by atoms with Crippen molar-refractivity contribution in [3.05, 3.63) is 11.8 Å². The molecule has 0 rings (SSSR count). The van der Waals surface area contributed by atoms with Crippen molar-refractivity contribution in [3.63, 3.8) is 0 Å². The van der Waals surface area contributed by atoms with Gasteiger partial charge in [0.15, 0.2) is 0 Å². The molecular formula is C22H46N4O. The Labute approximate surface area is 168 Å². The third kappa shape index (κ3) is 14.6. The summed E-state index contributed by atoms with van der Waals surface area (Å²) in [6, 6.07) is 0.655. The highest BCUT2D eigenvalue weighted by molar-refractivity contribution is 5.78. The molecule has 0 saturated carbocycles. The highest BCUT2D eigenvalue weighted by Crippen LogP contribution is 2.01. The lowest BCUT2D eigenvalue weighted by Crippen LogP contribution is -2.45. The number of hydrogen-bond acceptors (Lipinski definition) is 4. The minimum atomic E-state index is 0.0676. The Morgan fingerprint density at radius 2 is 1.70 bits per heavy atom. The molecule has 1 unspecified atom stereocenters. The summed E-state index contributed by atoms with van der Waals surface area (Å²) < 4.78 is 0. The lowest BCUT2D eigenvalue weighted by molar-refractivity contribution is -0.120. The number of carbonyl (C=O) groups is 1. The van der Waals surface area contributed by atoms with Gasteiger partial charge in [-0.3, -0.25) is 4.79 Å². The molecule has 0 bridgehead atoms. The fourth-order valence-corrected chi connectivity index (χ4v) is 3.03. The van der Waals surface area contributed by atoms with Crippen LogP contribution in [-0.2, 0) is 4.79 Å². The second-order valence-corrected chi connectivity index (χ2v) is 7.66. The van der Waals surface area contributed by atoms with Crippen LogP contribution in [0.2, 0.25) is 0 Å². The monoisotopic (exact) mass is 382 g/mol. The topological polar surface area (TPSA) is 56.4 Å². The number of nitrogens with zero attached hydrogens (tertiary/aromatic N) is 1. The Bertz CT molecular complexity index is 398. The van der Waals surface area contributed by atoms with Crippen LogP contribution in [0.25, 0.3) is 0 Å². The number of carbonyl (C=O) groups excluding carboxylic acids is 1. The summed E-state index contributed by atoms with van der Waals surface area (Å²) in [5, 5.41) is 9.92. The summed E-state index contributed by atoms with van der Waals surface area (Å²) in [7, 11) is 0. The maximum absolute atomic E-state index is 12.3. The fraction of sp³-hybridized carbons (Fsp3) is 0.864. The largest absolute Gasteiger partial charge is 0.379 e. The minimum absolute atomic E-state index is 0.0676. The zero-order chi connectivity index (χ0) is 20.5. The van der Waals surface area contributed by atoms with Crippen LogP contribution in [0.4, 0.5) is 0 Å². The van der Waals surface area contributed by atoms with E-state index in [4.69, 9.17) is 0 Å². The van der Waals surface area contributed by atoms with Crippen LogP contribution in [0.15, 0.2) is 11.8 Å². The third-order valence-corrected chi connectivity index (χ3v) is 4.74. The number of allylic oxidation sites excluding steroid dienone is 1. The molecule has 5 nitrogen and oxygen atoms in total. The number of rotatable bonds is 17. The average molecular weight is 383 g/mol. The molecule has 0 saturated heterocycles. The minimum Gasteiger partial charge on any atom is -0.379 e. The van der Waals surface area contributed by atoms with Crippen molar-refractivity contribution in [1.82, 2.24) is 20.9 Å². The molecule has 0 aliphatic carbocycles. The molecule has 0 radical (unpaired) electrons. The Kier molecular flexibility index (Phi) is 16.4. The van der Waals surface area contributed by atoms with Gasteiger partial charge in [0.25, 0.3) is 0 Å². The second-order valence-electron chi connectivity index (χ2n) is 7.66. The molecule has 5 heteroatoms. The van der Waals surface area contributed by atoms with E-state index in [0.29, 0.717) is 12.6 Å². The van der Waals surface area contributed by atoms with Gasteiger partial charge in [-0.05, 0) is 52.6 Å². The first-order chi connectivity index (χ1) is 13.0. The van der Waals surface area contributed by atoms with Gasteiger partial charge in [0.2, 0.25) is 5.91 Å². The Morgan fingerprint density at radius 3 is 2.30 bits per heavy atom. The van der Waals surface area contributed by atoms with Gasteiger partial charge >= 0.3 is 0 Å². The van der Waals surface area contributed by atoms with Crippen molar-refractivity contribution < 1.29 is 4.79 Å². The molecular weight excluding hydrogens is 336 g/mol. The molecule has 0 aliphatic rings. The van der Waals surface area contributed by atoms with Crippen molar-refractivity contribution in [1.29, 1.82) is 0 Å². The van der Waals surface area contributed by atoms with Gasteiger partial charge in [-0.25, -0.2) is 0 Å². The smallest absolute Gasteiger partial charge is 0.239 e. The van der Waals surface area contributed by atoms with E-state index in [-0.39, 0.29) is 11.9 Å². The van der Waals surface area contributed by atoms with E-state index < -0.39 is 0 Å². The third-order valence-electron chi connectivity index (χ3n) is 4.74. The lowest BCUT2D eigenvalue weighted by atomic mass is 10.2. The van der Waals surface area contributed by atoms with Gasteiger partial charge in [0.1, 0.15) is 0 Å². The summed E-state index contributed by atoms with van der Waals surface area (Å²) in [6.07, 6.45) is 9.15. The predicted octanol–water partition coefficient (Wildman–Crippen LogP) is 3.66. The second kappa shape index (κ2) is 17.1. The first kappa shape index (κ1) is 25.9. The molecule has 1 amide bonds. The summed E-state index contributed by atoms with van der Waals surface area (Å²) in [5.41, 5.74) is 1.10. The van der Waals surface area contributed by atoms with E-state index in [9.17, 15) is 4.79 Å². The van der Waals surface area contributed by atoms with Gasteiger partial charge < -0.3 is 20.9 Å². The molecule has 2 atom stereocenters. The van der Waals surface area contributed by atoms with Crippen LogP contribution in [-0.4, -0.2) is 55.6 Å². The summed E-state index contributed by atoms with van der Waals surface area (Å²) in [6.45, 7) is 17.3. The van der Waals surface area contributed by atoms with Crippen LogP contribution in [0, 0.1) is 0 Å². The van der Waals surface area contributed by atoms with Gasteiger partial charge in [-0.2, -0.15) is 0 Å². The molecule has 160 valence electrons. The van der Waals surface area contributed by atoms with E-state index in [1.54, 1.807) is 0 Å². The van der Waals surface area contributed by atoms with Gasteiger partial charge in [-0.15, -0.1) is 0 Å². The van der Waals surface area contributed by atoms with Crippen molar-refractivity contribution in [3.8, 4) is 0 Å². The normalized spacial score (nSPS) is 14.3. The van der Waals surface area contributed by atoms with E-state index in [1.165, 1.54) is 19.3 Å². The Balaban J connectivity index is 4.29. The molecule has 0 aromatic rings. The molecule has 0 spiro atoms. The Hall–Kier alpha value is -1.07. The van der Waals surface area contributed by atoms with Crippen molar-refractivity contribution >= 4 is 5.91 Å². The summed E-state index contributed by atoms with van der Waals surface area (Å²) in [5.74, 6) is 0.0676. The van der Waals surface area contributed by atoms with Gasteiger partial charge in [-0.1, -0.05) is 46.6 Å². The first-order valence-electron chi connectivity index (χ1n) is 11.1. The molecule has 0 aromatic heterocycles. The Morgan fingerprint density at radius 1 is 0.963 bits per heavy atom. The van der Waals surface area contributed by atoms with Gasteiger partial charge in [0, 0.05) is 30.9 Å². The predicted molar refractivity (Wildman–Crippen MR) is 118 cm³/mol. The first-order valence-corrected chi connectivity index (χ1v) is 11.1. The molecule has 0 fully saturated rings. The zero-order valence-electron chi connectivity index (χ0n) is 18.9.